The SMILES string of the molecule is CC(=O)Nc1cc(C=O)cc(C=O)n1. The molecule has 0 fully saturated rings. The van der Waals surface area contributed by atoms with Crippen molar-refractivity contribution in [3.8, 4) is 0 Å². The number of amides is 1. The zero-order valence-corrected chi connectivity index (χ0v) is 7.48. The molecule has 0 unspecified atom stereocenters. The molecule has 5 nitrogen and oxygen atoms in total. The van der Waals surface area contributed by atoms with Gasteiger partial charge >= 0.3 is 0 Å². The van der Waals surface area contributed by atoms with Crippen molar-refractivity contribution in [3.05, 3.63) is 23.4 Å². The molecule has 0 bridgehead atoms. The number of rotatable bonds is 3. The Kier molecular flexibility index (Phi) is 3.06. The maximum atomic E-state index is 10.7. The number of aldehydes is 2. The number of pyridine rings is 1. The highest BCUT2D eigenvalue weighted by molar-refractivity contribution is 5.90. The Hall–Kier alpha value is -2.04. The molecule has 0 saturated carbocycles. The molecule has 1 amide bonds. The Morgan fingerprint density at radius 3 is 2.57 bits per heavy atom. The number of nitrogens with zero attached hydrogens (tertiary/aromatic N) is 1. The van der Waals surface area contributed by atoms with Crippen LogP contribution < -0.4 is 5.32 Å². The first-order valence-electron chi connectivity index (χ1n) is 3.85. The summed E-state index contributed by atoms with van der Waals surface area (Å²) in [7, 11) is 0. The summed E-state index contributed by atoms with van der Waals surface area (Å²) in [5.41, 5.74) is 0.407. The van der Waals surface area contributed by atoms with E-state index in [2.05, 4.69) is 10.3 Å². The van der Waals surface area contributed by atoms with Gasteiger partial charge in [-0.1, -0.05) is 0 Å². The first-order chi connectivity index (χ1) is 6.65. The lowest BCUT2D eigenvalue weighted by molar-refractivity contribution is -0.114. The fourth-order valence-electron chi connectivity index (χ4n) is 0.947. The van der Waals surface area contributed by atoms with Crippen molar-refractivity contribution in [2.24, 2.45) is 0 Å². The molecule has 5 heteroatoms. The zero-order valence-electron chi connectivity index (χ0n) is 7.48. The average molecular weight is 192 g/mol. The van der Waals surface area contributed by atoms with Crippen LogP contribution in [0.5, 0.6) is 0 Å². The normalized spacial score (nSPS) is 9.21. The molecule has 1 aromatic heterocycles. The zero-order chi connectivity index (χ0) is 10.6. The predicted octanol–water partition coefficient (Wildman–Crippen LogP) is 0.665. The highest BCUT2D eigenvalue weighted by atomic mass is 16.1. The molecule has 0 spiro atoms. The van der Waals surface area contributed by atoms with Crippen molar-refractivity contribution in [1.29, 1.82) is 0 Å². The Morgan fingerprint density at radius 2 is 2.07 bits per heavy atom. The van der Waals surface area contributed by atoms with Gasteiger partial charge in [0, 0.05) is 12.5 Å². The van der Waals surface area contributed by atoms with Gasteiger partial charge in [-0.2, -0.15) is 0 Å². The van der Waals surface area contributed by atoms with E-state index in [1.54, 1.807) is 0 Å². The quantitative estimate of drug-likeness (QED) is 0.714. The summed E-state index contributed by atoms with van der Waals surface area (Å²) in [6.45, 7) is 1.32. The summed E-state index contributed by atoms with van der Waals surface area (Å²) in [5.74, 6) is -0.110. The molecule has 1 N–H and O–H groups in total. The number of anilines is 1. The first kappa shape index (κ1) is 10.0. The molecule has 1 aromatic rings. The van der Waals surface area contributed by atoms with Gasteiger partial charge in [-0.3, -0.25) is 14.4 Å². The largest absolute Gasteiger partial charge is 0.311 e. The molecular formula is C9H8N2O3. The third kappa shape index (κ3) is 2.48. The topological polar surface area (TPSA) is 76.1 Å². The summed E-state index contributed by atoms with van der Waals surface area (Å²) in [6, 6.07) is 2.73. The van der Waals surface area contributed by atoms with Gasteiger partial charge in [-0.05, 0) is 12.1 Å². The van der Waals surface area contributed by atoms with Crippen molar-refractivity contribution in [2.75, 3.05) is 5.32 Å². The van der Waals surface area contributed by atoms with Gasteiger partial charge in [-0.25, -0.2) is 4.98 Å². The fourth-order valence-corrected chi connectivity index (χ4v) is 0.947. The molecule has 14 heavy (non-hydrogen) atoms. The van der Waals surface area contributed by atoms with Crippen molar-refractivity contribution in [1.82, 2.24) is 4.98 Å². The monoisotopic (exact) mass is 192 g/mol. The second kappa shape index (κ2) is 4.27. The van der Waals surface area contributed by atoms with Crippen molar-refractivity contribution in [3.63, 3.8) is 0 Å². The van der Waals surface area contributed by atoms with Gasteiger partial charge in [0.15, 0.2) is 6.29 Å². The van der Waals surface area contributed by atoms with E-state index in [4.69, 9.17) is 0 Å². The average Bonchev–Trinajstić information content (AvgIpc) is 2.16. The molecule has 0 aliphatic carbocycles. The molecule has 1 heterocycles. The summed E-state index contributed by atoms with van der Waals surface area (Å²) in [5, 5.41) is 2.39. The molecule has 72 valence electrons. The minimum Gasteiger partial charge on any atom is -0.311 e. The lowest BCUT2D eigenvalue weighted by Crippen LogP contribution is -2.08. The minimum absolute atomic E-state index is 0.110. The molecular weight excluding hydrogens is 184 g/mol. The Morgan fingerprint density at radius 1 is 1.36 bits per heavy atom. The van der Waals surface area contributed by atoms with Gasteiger partial charge in [0.05, 0.1) is 0 Å². The molecule has 0 saturated heterocycles. The first-order valence-corrected chi connectivity index (χ1v) is 3.85. The number of nitrogens with one attached hydrogen (secondary N) is 1. The van der Waals surface area contributed by atoms with Crippen molar-refractivity contribution >= 4 is 24.3 Å². The van der Waals surface area contributed by atoms with Crippen LogP contribution in [-0.2, 0) is 4.79 Å². The van der Waals surface area contributed by atoms with Gasteiger partial charge in [0.25, 0.3) is 0 Å². The van der Waals surface area contributed by atoms with Gasteiger partial charge in [0.2, 0.25) is 5.91 Å². The molecule has 0 aliphatic rings. The maximum absolute atomic E-state index is 10.7. The summed E-state index contributed by atoms with van der Waals surface area (Å²) in [6.07, 6.45) is 1.10. The predicted molar refractivity (Wildman–Crippen MR) is 49.3 cm³/mol. The summed E-state index contributed by atoms with van der Waals surface area (Å²) in [4.78, 5) is 35.3. The van der Waals surface area contributed by atoms with Crippen LogP contribution in [0.2, 0.25) is 0 Å². The summed E-state index contributed by atoms with van der Waals surface area (Å²) >= 11 is 0. The number of hydrogen-bond donors (Lipinski definition) is 1. The molecule has 1 rings (SSSR count). The van der Waals surface area contributed by atoms with E-state index in [1.165, 1.54) is 19.1 Å². The lowest BCUT2D eigenvalue weighted by Gasteiger charge is -2.02. The van der Waals surface area contributed by atoms with Gasteiger partial charge in [-0.15, -0.1) is 0 Å². The second-order valence-electron chi connectivity index (χ2n) is 2.63. The second-order valence-corrected chi connectivity index (χ2v) is 2.63. The lowest BCUT2D eigenvalue weighted by atomic mass is 10.2. The van der Waals surface area contributed by atoms with Crippen LogP contribution in [0.3, 0.4) is 0 Å². The van der Waals surface area contributed by atoms with E-state index in [0.717, 1.165) is 0 Å². The van der Waals surface area contributed by atoms with E-state index >= 15 is 0 Å². The van der Waals surface area contributed by atoms with Crippen molar-refractivity contribution < 1.29 is 14.4 Å². The Balaban J connectivity index is 3.09. The van der Waals surface area contributed by atoms with E-state index in [-0.39, 0.29) is 17.4 Å². The Bertz CT molecular complexity index is 361. The van der Waals surface area contributed by atoms with E-state index < -0.39 is 0 Å². The highest BCUT2D eigenvalue weighted by Gasteiger charge is 2.02. The van der Waals surface area contributed by atoms with Crippen LogP contribution in [0.15, 0.2) is 12.1 Å². The third-order valence-electron chi connectivity index (χ3n) is 1.43. The van der Waals surface area contributed by atoms with Crippen LogP contribution >= 0.6 is 0 Å². The standard InChI is InChI=1S/C9H8N2O3/c1-6(14)10-9-3-7(4-12)2-8(5-13)11-9/h2-5H,1H3,(H,10,11,14). The molecule has 0 aliphatic heterocycles. The van der Waals surface area contributed by atoms with Crippen molar-refractivity contribution in [2.45, 2.75) is 6.92 Å². The highest BCUT2D eigenvalue weighted by Crippen LogP contribution is 2.07. The number of carbonyl (C=O) groups is 3. The fraction of sp³-hybridized carbons (Fsp3) is 0.111. The van der Waals surface area contributed by atoms with Gasteiger partial charge < -0.3 is 5.32 Å². The minimum atomic E-state index is -0.308. The number of carbonyl (C=O) groups excluding carboxylic acids is 3. The Labute approximate surface area is 80.1 Å². The maximum Gasteiger partial charge on any atom is 0.222 e. The smallest absolute Gasteiger partial charge is 0.222 e. The number of aromatic nitrogens is 1. The molecule has 0 atom stereocenters. The molecule has 0 aromatic carbocycles. The summed E-state index contributed by atoms with van der Waals surface area (Å²) < 4.78 is 0. The number of hydrogen-bond acceptors (Lipinski definition) is 4. The van der Waals surface area contributed by atoms with E-state index in [9.17, 15) is 14.4 Å². The third-order valence-corrected chi connectivity index (χ3v) is 1.43. The van der Waals surface area contributed by atoms with Crippen LogP contribution in [0, 0.1) is 0 Å². The molecule has 0 radical (unpaired) electrons. The van der Waals surface area contributed by atoms with Crippen LogP contribution in [0.25, 0.3) is 0 Å². The van der Waals surface area contributed by atoms with Crippen LogP contribution in [-0.4, -0.2) is 23.5 Å². The van der Waals surface area contributed by atoms with Crippen LogP contribution in [0.1, 0.15) is 27.8 Å². The van der Waals surface area contributed by atoms with E-state index in [1.807, 2.05) is 0 Å². The van der Waals surface area contributed by atoms with Gasteiger partial charge in [0.1, 0.15) is 17.8 Å². The van der Waals surface area contributed by atoms with Crippen LogP contribution in [0.4, 0.5) is 5.82 Å². The van der Waals surface area contributed by atoms with E-state index in [0.29, 0.717) is 18.1 Å².